The lowest BCUT2D eigenvalue weighted by molar-refractivity contribution is -0.141. The van der Waals surface area contributed by atoms with E-state index in [-0.39, 0.29) is 24.8 Å². The Labute approximate surface area is 222 Å². The summed E-state index contributed by atoms with van der Waals surface area (Å²) in [6.07, 6.45) is 0.332. The Hall–Kier alpha value is -2.53. The molecule has 3 aromatic rings. The van der Waals surface area contributed by atoms with Crippen LogP contribution in [0.3, 0.4) is 0 Å². The molecule has 1 N–H and O–H groups in total. The Morgan fingerprint density at radius 2 is 1.43 bits per heavy atom. The molecule has 0 bridgehead atoms. The molecule has 4 nitrogen and oxygen atoms in total. The van der Waals surface area contributed by atoms with Crippen LogP contribution in [-0.4, -0.2) is 28.3 Å². The van der Waals surface area contributed by atoms with Gasteiger partial charge in [-0.05, 0) is 61.7 Å². The van der Waals surface area contributed by atoms with Crippen molar-refractivity contribution in [2.75, 3.05) is 0 Å². The molecule has 0 fully saturated rings. The van der Waals surface area contributed by atoms with E-state index in [2.05, 4.69) is 5.32 Å². The van der Waals surface area contributed by atoms with Crippen molar-refractivity contribution < 1.29 is 9.59 Å². The first-order chi connectivity index (χ1) is 16.5. The van der Waals surface area contributed by atoms with E-state index in [1.54, 1.807) is 35.2 Å². The Morgan fingerprint density at radius 1 is 0.829 bits per heavy atom. The van der Waals surface area contributed by atoms with Crippen molar-refractivity contribution >= 4 is 46.6 Å². The number of amides is 2. The van der Waals surface area contributed by atoms with E-state index in [0.717, 1.165) is 11.1 Å². The van der Waals surface area contributed by atoms with Crippen molar-refractivity contribution in [1.29, 1.82) is 0 Å². The van der Waals surface area contributed by atoms with Crippen molar-refractivity contribution in [3.63, 3.8) is 0 Å². The summed E-state index contributed by atoms with van der Waals surface area (Å²) in [4.78, 5) is 29.0. The van der Waals surface area contributed by atoms with Gasteiger partial charge in [0.25, 0.3) is 0 Å². The van der Waals surface area contributed by atoms with Crippen LogP contribution in [0.25, 0.3) is 0 Å². The smallest absolute Gasteiger partial charge is 0.243 e. The first-order valence-corrected chi connectivity index (χ1v) is 12.5. The minimum atomic E-state index is -0.749. The molecule has 184 valence electrons. The molecule has 35 heavy (non-hydrogen) atoms. The minimum absolute atomic E-state index is 0.0276. The van der Waals surface area contributed by atoms with Gasteiger partial charge in [0, 0.05) is 33.6 Å². The Balaban J connectivity index is 2.02. The van der Waals surface area contributed by atoms with Gasteiger partial charge in [0.1, 0.15) is 6.04 Å². The van der Waals surface area contributed by atoms with E-state index < -0.39 is 11.6 Å². The second-order valence-electron chi connectivity index (χ2n) is 9.47. The van der Waals surface area contributed by atoms with Gasteiger partial charge in [-0.2, -0.15) is 0 Å². The average molecular weight is 532 g/mol. The zero-order chi connectivity index (χ0) is 25.6. The van der Waals surface area contributed by atoms with Crippen molar-refractivity contribution in [2.45, 2.75) is 51.7 Å². The van der Waals surface area contributed by atoms with Gasteiger partial charge in [0.15, 0.2) is 0 Å². The fourth-order valence-electron chi connectivity index (χ4n) is 3.75. The van der Waals surface area contributed by atoms with Gasteiger partial charge in [0.2, 0.25) is 11.8 Å². The molecule has 7 heteroatoms. The van der Waals surface area contributed by atoms with Crippen molar-refractivity contribution in [3.8, 4) is 0 Å². The molecule has 1 atom stereocenters. The molecule has 0 saturated carbocycles. The Morgan fingerprint density at radius 3 is 2.00 bits per heavy atom. The monoisotopic (exact) mass is 530 g/mol. The third-order valence-corrected chi connectivity index (χ3v) is 6.39. The first-order valence-electron chi connectivity index (χ1n) is 11.4. The molecular weight excluding hydrogens is 503 g/mol. The van der Waals surface area contributed by atoms with Gasteiger partial charge in [0.05, 0.1) is 6.42 Å². The maximum absolute atomic E-state index is 13.8. The van der Waals surface area contributed by atoms with Gasteiger partial charge in [-0.25, -0.2) is 0 Å². The molecule has 0 aliphatic carbocycles. The number of carbonyl (C=O) groups excluding carboxylic acids is 2. The van der Waals surface area contributed by atoms with E-state index in [9.17, 15) is 9.59 Å². The Bertz CT molecular complexity index is 1140. The van der Waals surface area contributed by atoms with Crippen LogP contribution in [0.2, 0.25) is 15.1 Å². The number of hydrogen-bond acceptors (Lipinski definition) is 2. The standard InChI is InChI=1S/C28H29Cl3N2O2/c1-28(2,3)32-27(35)25(16-19-8-5-4-6-9-19)33(18-20-12-14-21(29)15-13-20)26(34)17-22-23(30)10-7-11-24(22)31/h4-15,25H,16-18H2,1-3H3,(H,32,35)/t25-/m0/s1. The summed E-state index contributed by atoms with van der Waals surface area (Å²) < 4.78 is 0. The van der Waals surface area contributed by atoms with E-state index in [0.29, 0.717) is 27.1 Å². The zero-order valence-corrected chi connectivity index (χ0v) is 22.3. The van der Waals surface area contributed by atoms with Gasteiger partial charge in [-0.1, -0.05) is 83.3 Å². The highest BCUT2D eigenvalue weighted by Crippen LogP contribution is 2.26. The molecule has 0 spiro atoms. The molecule has 0 aromatic heterocycles. The molecule has 0 aliphatic rings. The van der Waals surface area contributed by atoms with Crippen LogP contribution in [0.5, 0.6) is 0 Å². The van der Waals surface area contributed by atoms with E-state index in [1.807, 2.05) is 63.2 Å². The highest BCUT2D eigenvalue weighted by Gasteiger charge is 2.32. The SMILES string of the molecule is CC(C)(C)NC(=O)[C@H](Cc1ccccc1)N(Cc1ccc(Cl)cc1)C(=O)Cc1c(Cl)cccc1Cl. The number of halogens is 3. The topological polar surface area (TPSA) is 49.4 Å². The fourth-order valence-corrected chi connectivity index (χ4v) is 4.40. The summed E-state index contributed by atoms with van der Waals surface area (Å²) in [5, 5.41) is 4.47. The summed E-state index contributed by atoms with van der Waals surface area (Å²) in [5.74, 6) is -0.478. The highest BCUT2D eigenvalue weighted by atomic mass is 35.5. The van der Waals surface area contributed by atoms with Crippen molar-refractivity contribution in [1.82, 2.24) is 10.2 Å². The number of rotatable bonds is 8. The maximum Gasteiger partial charge on any atom is 0.243 e. The van der Waals surface area contributed by atoms with E-state index >= 15 is 0 Å². The maximum atomic E-state index is 13.8. The summed E-state index contributed by atoms with van der Waals surface area (Å²) in [5.41, 5.74) is 1.88. The molecule has 2 amide bonds. The third-order valence-electron chi connectivity index (χ3n) is 5.43. The Kier molecular flexibility index (Phi) is 9.23. The van der Waals surface area contributed by atoms with Gasteiger partial charge in [-0.15, -0.1) is 0 Å². The van der Waals surface area contributed by atoms with Crippen LogP contribution >= 0.6 is 34.8 Å². The number of carbonyl (C=O) groups is 2. The van der Waals surface area contributed by atoms with Gasteiger partial charge in [-0.3, -0.25) is 9.59 Å². The molecule has 0 unspecified atom stereocenters. The van der Waals surface area contributed by atoms with Crippen LogP contribution in [0, 0.1) is 0 Å². The summed E-state index contributed by atoms with van der Waals surface area (Å²) >= 11 is 18.8. The number of hydrogen-bond donors (Lipinski definition) is 1. The lowest BCUT2D eigenvalue weighted by Gasteiger charge is -2.34. The molecule has 0 heterocycles. The second kappa shape index (κ2) is 11.9. The third kappa shape index (κ3) is 7.99. The molecule has 0 radical (unpaired) electrons. The highest BCUT2D eigenvalue weighted by molar-refractivity contribution is 6.36. The predicted molar refractivity (Wildman–Crippen MR) is 144 cm³/mol. The number of nitrogens with zero attached hydrogens (tertiary/aromatic N) is 1. The molecule has 3 aromatic carbocycles. The minimum Gasteiger partial charge on any atom is -0.350 e. The van der Waals surface area contributed by atoms with Crippen molar-refractivity contribution in [2.24, 2.45) is 0 Å². The van der Waals surface area contributed by atoms with Crippen LogP contribution < -0.4 is 5.32 Å². The van der Waals surface area contributed by atoms with Gasteiger partial charge < -0.3 is 10.2 Å². The van der Waals surface area contributed by atoms with Crippen LogP contribution in [0.15, 0.2) is 72.8 Å². The molecule has 3 rings (SSSR count). The lowest BCUT2D eigenvalue weighted by atomic mass is 10.00. The van der Waals surface area contributed by atoms with Crippen LogP contribution in [0.1, 0.15) is 37.5 Å². The van der Waals surface area contributed by atoms with Crippen LogP contribution in [-0.2, 0) is 29.0 Å². The van der Waals surface area contributed by atoms with E-state index in [4.69, 9.17) is 34.8 Å². The zero-order valence-electron chi connectivity index (χ0n) is 20.0. The first kappa shape index (κ1) is 27.1. The number of benzene rings is 3. The molecule has 0 aliphatic heterocycles. The fraction of sp³-hybridized carbons (Fsp3) is 0.286. The molecular formula is C28H29Cl3N2O2. The lowest BCUT2D eigenvalue weighted by Crippen LogP contribution is -2.54. The summed E-state index contributed by atoms with van der Waals surface area (Å²) in [6.45, 7) is 5.98. The largest absolute Gasteiger partial charge is 0.350 e. The van der Waals surface area contributed by atoms with Crippen LogP contribution in [0.4, 0.5) is 0 Å². The van der Waals surface area contributed by atoms with E-state index in [1.165, 1.54) is 0 Å². The quantitative estimate of drug-likeness (QED) is 0.350. The summed E-state index contributed by atoms with van der Waals surface area (Å²) in [6, 6.07) is 21.3. The normalized spacial score (nSPS) is 12.2. The van der Waals surface area contributed by atoms with Gasteiger partial charge >= 0.3 is 0 Å². The average Bonchev–Trinajstić information content (AvgIpc) is 2.79. The van der Waals surface area contributed by atoms with Crippen molar-refractivity contribution in [3.05, 3.63) is 105 Å². The second-order valence-corrected chi connectivity index (χ2v) is 10.7. The summed E-state index contributed by atoms with van der Waals surface area (Å²) in [7, 11) is 0. The molecule has 0 saturated heterocycles. The predicted octanol–water partition coefficient (Wildman–Crippen LogP) is 6.74. The number of nitrogens with one attached hydrogen (secondary N) is 1.